The summed E-state index contributed by atoms with van der Waals surface area (Å²) in [4.78, 5) is 16.4. The molecule has 0 radical (unpaired) electrons. The molecule has 32 heavy (non-hydrogen) atoms. The van der Waals surface area contributed by atoms with E-state index in [4.69, 9.17) is 0 Å². The van der Waals surface area contributed by atoms with Crippen LogP contribution < -0.4 is 4.90 Å². The molecule has 2 fully saturated rings. The fraction of sp³-hybridized carbons (Fsp3) is 0.435. The first kappa shape index (κ1) is 22.5. The van der Waals surface area contributed by atoms with Crippen LogP contribution in [-0.2, 0) is 17.1 Å². The van der Waals surface area contributed by atoms with Gasteiger partial charge in [-0.3, -0.25) is 4.79 Å². The van der Waals surface area contributed by atoms with Crippen molar-refractivity contribution in [2.75, 3.05) is 31.1 Å². The van der Waals surface area contributed by atoms with Crippen LogP contribution in [-0.4, -0.2) is 37.0 Å². The first-order valence-corrected chi connectivity index (χ1v) is 10.3. The van der Waals surface area contributed by atoms with Crippen LogP contribution in [0, 0.1) is 12.8 Å². The van der Waals surface area contributed by atoms with Gasteiger partial charge < -0.3 is 9.80 Å². The summed E-state index contributed by atoms with van der Waals surface area (Å²) in [6.07, 6.45) is -8.22. The third-order valence-corrected chi connectivity index (χ3v) is 6.24. The molecule has 0 bridgehead atoms. The summed E-state index contributed by atoms with van der Waals surface area (Å²) in [5.41, 5.74) is 0.553. The Balaban J connectivity index is 1.36. The van der Waals surface area contributed by atoms with Gasteiger partial charge in [-0.05, 0) is 54.7 Å². The van der Waals surface area contributed by atoms with Gasteiger partial charge in [-0.25, -0.2) is 0 Å². The molecule has 1 saturated heterocycles. The Morgan fingerprint density at radius 3 is 1.97 bits per heavy atom. The molecule has 1 aliphatic carbocycles. The van der Waals surface area contributed by atoms with Crippen molar-refractivity contribution in [3.63, 3.8) is 0 Å². The average Bonchev–Trinajstić information content (AvgIpc) is 3.53. The molecule has 172 valence electrons. The van der Waals surface area contributed by atoms with Crippen molar-refractivity contribution >= 4 is 11.6 Å². The smallest absolute Gasteiger partial charge is 0.368 e. The predicted octanol–water partition coefficient (Wildman–Crippen LogP) is 5.48. The number of nitrogens with zero attached hydrogens (tertiary/aromatic N) is 2. The van der Waals surface area contributed by atoms with Crippen LogP contribution in [0.1, 0.15) is 34.6 Å². The number of aryl methyl sites for hydroxylation is 1. The molecule has 0 spiro atoms. The summed E-state index contributed by atoms with van der Waals surface area (Å²) in [5.74, 6) is -0.391. The molecule has 0 unspecified atom stereocenters. The number of halogens is 6. The fourth-order valence-corrected chi connectivity index (χ4v) is 4.28. The number of benzene rings is 2. The molecule has 1 amide bonds. The molecule has 2 aromatic rings. The van der Waals surface area contributed by atoms with Gasteiger partial charge in [0.1, 0.15) is 0 Å². The number of carbonyl (C=O) groups excluding carboxylic acids is 1. The highest BCUT2D eigenvalue weighted by Crippen LogP contribution is 2.49. The summed E-state index contributed by atoms with van der Waals surface area (Å²) in [5, 5.41) is 0. The highest BCUT2D eigenvalue weighted by atomic mass is 19.4. The Morgan fingerprint density at radius 2 is 1.41 bits per heavy atom. The third-order valence-electron chi connectivity index (χ3n) is 6.24. The third kappa shape index (κ3) is 4.56. The number of alkyl halides is 6. The van der Waals surface area contributed by atoms with Gasteiger partial charge in [-0.2, -0.15) is 26.3 Å². The lowest BCUT2D eigenvalue weighted by Crippen LogP contribution is -2.49. The Bertz CT molecular complexity index is 991. The SMILES string of the molecule is Cc1ccc(C(F)(F)F)cc1N1CCN(C(=O)[C@@H]2C[C@@H]2c2ccc(C(F)(F)F)cc2)CC1. The van der Waals surface area contributed by atoms with Gasteiger partial charge >= 0.3 is 12.4 Å². The standard InChI is InChI=1S/C23H22F6N2O/c1-14-2-5-17(23(27,28)29)12-20(14)30-8-10-31(11-9-30)21(32)19-13-18(19)15-3-6-16(7-4-15)22(24,25)26/h2-7,12,18-19H,8-11,13H2,1H3/t18-,19-/m1/s1. The van der Waals surface area contributed by atoms with Crippen LogP contribution in [0.3, 0.4) is 0 Å². The minimum Gasteiger partial charge on any atom is -0.368 e. The van der Waals surface area contributed by atoms with Gasteiger partial charge in [0.15, 0.2) is 0 Å². The van der Waals surface area contributed by atoms with E-state index in [-0.39, 0.29) is 17.7 Å². The highest BCUT2D eigenvalue weighted by Gasteiger charge is 2.46. The maximum atomic E-state index is 13.1. The van der Waals surface area contributed by atoms with Crippen molar-refractivity contribution in [1.82, 2.24) is 4.90 Å². The molecule has 0 N–H and O–H groups in total. The van der Waals surface area contributed by atoms with Crippen LogP contribution in [0.2, 0.25) is 0 Å². The van der Waals surface area contributed by atoms with E-state index in [1.54, 1.807) is 11.8 Å². The van der Waals surface area contributed by atoms with Gasteiger partial charge in [0.25, 0.3) is 0 Å². The molecule has 2 aromatic carbocycles. The second-order valence-electron chi connectivity index (χ2n) is 8.38. The summed E-state index contributed by atoms with van der Waals surface area (Å²) in [6, 6.07) is 8.58. The van der Waals surface area contributed by atoms with E-state index in [1.165, 1.54) is 18.2 Å². The molecule has 1 heterocycles. The monoisotopic (exact) mass is 456 g/mol. The molecule has 2 atom stereocenters. The first-order valence-electron chi connectivity index (χ1n) is 10.3. The van der Waals surface area contributed by atoms with E-state index in [0.29, 0.717) is 38.3 Å². The quantitative estimate of drug-likeness (QED) is 0.571. The minimum atomic E-state index is -4.42. The number of anilines is 1. The summed E-state index contributed by atoms with van der Waals surface area (Å²) >= 11 is 0. The van der Waals surface area contributed by atoms with Gasteiger partial charge in [0.05, 0.1) is 11.1 Å². The minimum absolute atomic E-state index is 0.0460. The van der Waals surface area contributed by atoms with Gasteiger partial charge in [-0.15, -0.1) is 0 Å². The van der Waals surface area contributed by atoms with Crippen LogP contribution in [0.15, 0.2) is 42.5 Å². The van der Waals surface area contributed by atoms with Gasteiger partial charge in [0.2, 0.25) is 5.91 Å². The Morgan fingerprint density at radius 1 is 0.844 bits per heavy atom. The van der Waals surface area contributed by atoms with E-state index in [2.05, 4.69) is 0 Å². The van der Waals surface area contributed by atoms with Gasteiger partial charge in [-0.1, -0.05) is 18.2 Å². The van der Waals surface area contributed by atoms with Crippen molar-refractivity contribution in [2.24, 2.45) is 5.92 Å². The molecular formula is C23H22F6N2O. The zero-order valence-corrected chi connectivity index (χ0v) is 17.3. The van der Waals surface area contributed by atoms with Crippen LogP contribution >= 0.6 is 0 Å². The van der Waals surface area contributed by atoms with Crippen molar-refractivity contribution in [3.05, 3.63) is 64.7 Å². The van der Waals surface area contributed by atoms with Gasteiger partial charge in [0, 0.05) is 37.8 Å². The summed E-state index contributed by atoms with van der Waals surface area (Å²) in [6.45, 7) is 3.39. The number of hydrogen-bond donors (Lipinski definition) is 0. The number of amides is 1. The molecule has 4 rings (SSSR count). The van der Waals surface area contributed by atoms with E-state index in [0.717, 1.165) is 35.4 Å². The summed E-state index contributed by atoms with van der Waals surface area (Å²) < 4.78 is 77.4. The number of hydrogen-bond acceptors (Lipinski definition) is 2. The fourth-order valence-electron chi connectivity index (χ4n) is 4.28. The zero-order valence-electron chi connectivity index (χ0n) is 17.3. The van der Waals surface area contributed by atoms with Crippen molar-refractivity contribution in [1.29, 1.82) is 0 Å². The van der Waals surface area contributed by atoms with Crippen LogP contribution in [0.25, 0.3) is 0 Å². The van der Waals surface area contributed by atoms with Crippen LogP contribution in [0.5, 0.6) is 0 Å². The molecule has 1 aliphatic heterocycles. The van der Waals surface area contributed by atoms with E-state index in [9.17, 15) is 31.1 Å². The second-order valence-corrected chi connectivity index (χ2v) is 8.38. The number of rotatable bonds is 3. The van der Waals surface area contributed by atoms with E-state index in [1.807, 2.05) is 4.90 Å². The largest absolute Gasteiger partial charge is 0.416 e. The molecule has 0 aromatic heterocycles. The second kappa shape index (κ2) is 8.01. The van der Waals surface area contributed by atoms with E-state index < -0.39 is 23.5 Å². The van der Waals surface area contributed by atoms with Crippen LogP contribution in [0.4, 0.5) is 32.0 Å². The normalized spacial score (nSPS) is 21.6. The maximum Gasteiger partial charge on any atom is 0.416 e. The highest BCUT2D eigenvalue weighted by molar-refractivity contribution is 5.83. The molecule has 9 heteroatoms. The molecule has 1 saturated carbocycles. The Kier molecular flexibility index (Phi) is 5.63. The lowest BCUT2D eigenvalue weighted by Gasteiger charge is -2.37. The Labute approximate surface area is 181 Å². The lowest BCUT2D eigenvalue weighted by atomic mass is 10.1. The molecule has 3 nitrogen and oxygen atoms in total. The lowest BCUT2D eigenvalue weighted by molar-refractivity contribution is -0.138. The van der Waals surface area contributed by atoms with Crippen molar-refractivity contribution in [3.8, 4) is 0 Å². The van der Waals surface area contributed by atoms with Crippen molar-refractivity contribution in [2.45, 2.75) is 31.6 Å². The average molecular weight is 456 g/mol. The zero-order chi connectivity index (χ0) is 23.3. The molecule has 2 aliphatic rings. The summed E-state index contributed by atoms with van der Waals surface area (Å²) in [7, 11) is 0. The number of carbonyl (C=O) groups is 1. The molecular weight excluding hydrogens is 434 g/mol. The van der Waals surface area contributed by atoms with Crippen molar-refractivity contribution < 1.29 is 31.1 Å². The predicted molar refractivity (Wildman–Crippen MR) is 107 cm³/mol. The topological polar surface area (TPSA) is 23.6 Å². The first-order chi connectivity index (χ1) is 14.9. The Hall–Kier alpha value is -2.71. The number of piperazine rings is 1. The van der Waals surface area contributed by atoms with E-state index >= 15 is 0 Å². The maximum absolute atomic E-state index is 13.1.